The molecule has 3 rings (SSSR count). The molecule has 6 heteroatoms. The number of carbonyl (C=O) groups is 1. The Morgan fingerprint density at radius 1 is 1.04 bits per heavy atom. The Bertz CT molecular complexity index is 738. The molecule has 1 fully saturated rings. The van der Waals surface area contributed by atoms with E-state index in [9.17, 15) is 4.79 Å². The van der Waals surface area contributed by atoms with E-state index in [1.807, 2.05) is 4.90 Å². The normalized spacial score (nSPS) is 14.5. The number of hydrogen-bond donors (Lipinski definition) is 1. The number of anilines is 2. The highest BCUT2D eigenvalue weighted by molar-refractivity contribution is 6.35. The van der Waals surface area contributed by atoms with Gasteiger partial charge in [-0.2, -0.15) is 0 Å². The van der Waals surface area contributed by atoms with Crippen LogP contribution in [0.15, 0.2) is 42.5 Å². The van der Waals surface area contributed by atoms with Crippen LogP contribution in [0.25, 0.3) is 0 Å². The fraction of sp³-hybridized carbons (Fsp3) is 0.316. The van der Waals surface area contributed by atoms with E-state index in [2.05, 4.69) is 41.4 Å². The molecule has 2 aromatic carbocycles. The van der Waals surface area contributed by atoms with Gasteiger partial charge in [0, 0.05) is 47.6 Å². The van der Waals surface area contributed by atoms with Crippen LogP contribution in [0.4, 0.5) is 11.4 Å². The third-order valence-corrected chi connectivity index (χ3v) is 4.74. The minimum atomic E-state index is 0.0833. The van der Waals surface area contributed by atoms with Crippen molar-refractivity contribution in [2.24, 2.45) is 0 Å². The molecular formula is C19H21Cl2N3O. The van der Waals surface area contributed by atoms with E-state index in [1.54, 1.807) is 18.2 Å². The van der Waals surface area contributed by atoms with Crippen molar-refractivity contribution in [1.82, 2.24) is 4.90 Å². The van der Waals surface area contributed by atoms with Crippen LogP contribution in [-0.4, -0.2) is 43.5 Å². The van der Waals surface area contributed by atoms with E-state index in [-0.39, 0.29) is 12.5 Å². The van der Waals surface area contributed by atoms with Gasteiger partial charge in [-0.05, 0) is 42.8 Å². The van der Waals surface area contributed by atoms with Crippen LogP contribution < -0.4 is 10.2 Å². The molecule has 1 aliphatic rings. The van der Waals surface area contributed by atoms with Crippen LogP contribution in [0.2, 0.25) is 10.0 Å². The maximum atomic E-state index is 12.4. The summed E-state index contributed by atoms with van der Waals surface area (Å²) in [6.07, 6.45) is 0. The predicted octanol–water partition coefficient (Wildman–Crippen LogP) is 4.06. The van der Waals surface area contributed by atoms with Crippen molar-refractivity contribution in [3.8, 4) is 0 Å². The van der Waals surface area contributed by atoms with Crippen molar-refractivity contribution < 1.29 is 4.79 Å². The van der Waals surface area contributed by atoms with E-state index in [1.165, 1.54) is 11.3 Å². The lowest BCUT2D eigenvalue weighted by Gasteiger charge is -2.36. The average molecular weight is 378 g/mol. The number of rotatable bonds is 4. The third-order valence-electron chi connectivity index (χ3n) is 4.31. The Balaban J connectivity index is 1.51. The van der Waals surface area contributed by atoms with Crippen LogP contribution in [-0.2, 0) is 4.79 Å². The molecule has 132 valence electrons. The lowest BCUT2D eigenvalue weighted by molar-refractivity contribution is -0.129. The Hall–Kier alpha value is -1.91. The number of nitrogens with zero attached hydrogens (tertiary/aromatic N) is 2. The van der Waals surface area contributed by atoms with Crippen LogP contribution in [0, 0.1) is 6.92 Å². The zero-order chi connectivity index (χ0) is 17.8. The minimum absolute atomic E-state index is 0.0833. The molecule has 1 aliphatic heterocycles. The highest BCUT2D eigenvalue weighted by atomic mass is 35.5. The molecule has 1 amide bonds. The standard InChI is InChI=1S/C19H21Cl2N3O/c1-14-3-2-4-18(9-14)23-5-7-24(8-6-23)19(25)13-22-17-11-15(20)10-16(21)12-17/h2-4,9-12,22H,5-8,13H2,1H3. The quantitative estimate of drug-likeness (QED) is 0.872. The molecule has 0 unspecified atom stereocenters. The van der Waals surface area contributed by atoms with Crippen molar-refractivity contribution in [2.45, 2.75) is 6.92 Å². The summed E-state index contributed by atoms with van der Waals surface area (Å²) in [5.74, 6) is 0.0833. The zero-order valence-electron chi connectivity index (χ0n) is 14.1. The van der Waals surface area contributed by atoms with Gasteiger partial charge in [-0.1, -0.05) is 35.3 Å². The summed E-state index contributed by atoms with van der Waals surface area (Å²) in [6.45, 7) is 5.48. The monoisotopic (exact) mass is 377 g/mol. The van der Waals surface area contributed by atoms with Crippen molar-refractivity contribution >= 4 is 40.5 Å². The topological polar surface area (TPSA) is 35.6 Å². The van der Waals surface area contributed by atoms with E-state index in [0.29, 0.717) is 10.0 Å². The molecule has 1 saturated heterocycles. The van der Waals surface area contributed by atoms with Crippen LogP contribution in [0.5, 0.6) is 0 Å². The Kier molecular flexibility index (Phi) is 5.71. The lowest BCUT2D eigenvalue weighted by atomic mass is 10.2. The van der Waals surface area contributed by atoms with Crippen LogP contribution >= 0.6 is 23.2 Å². The molecule has 4 nitrogen and oxygen atoms in total. The number of halogens is 2. The summed E-state index contributed by atoms with van der Waals surface area (Å²) >= 11 is 11.9. The van der Waals surface area contributed by atoms with E-state index < -0.39 is 0 Å². The number of piperazine rings is 1. The summed E-state index contributed by atoms with van der Waals surface area (Å²) in [5, 5.41) is 4.20. The fourth-order valence-electron chi connectivity index (χ4n) is 2.98. The average Bonchev–Trinajstić information content (AvgIpc) is 2.59. The molecule has 0 aliphatic carbocycles. The molecule has 0 bridgehead atoms. The van der Waals surface area contributed by atoms with Gasteiger partial charge in [0.2, 0.25) is 5.91 Å². The number of nitrogens with one attached hydrogen (secondary N) is 1. The number of carbonyl (C=O) groups excluding carboxylic acids is 1. The van der Waals surface area contributed by atoms with Gasteiger partial charge in [0.05, 0.1) is 6.54 Å². The minimum Gasteiger partial charge on any atom is -0.376 e. The predicted molar refractivity (Wildman–Crippen MR) is 105 cm³/mol. The first-order valence-electron chi connectivity index (χ1n) is 8.30. The maximum Gasteiger partial charge on any atom is 0.241 e. The SMILES string of the molecule is Cc1cccc(N2CCN(C(=O)CNc3cc(Cl)cc(Cl)c3)CC2)c1. The van der Waals surface area contributed by atoms with E-state index in [0.717, 1.165) is 31.9 Å². The summed E-state index contributed by atoms with van der Waals surface area (Å²) in [5.41, 5.74) is 3.23. The Morgan fingerprint density at radius 3 is 2.36 bits per heavy atom. The second-order valence-corrected chi connectivity index (χ2v) is 7.09. The molecule has 0 atom stereocenters. The summed E-state index contributed by atoms with van der Waals surface area (Å²) in [6, 6.07) is 13.7. The van der Waals surface area contributed by atoms with Crippen LogP contribution in [0.1, 0.15) is 5.56 Å². The molecule has 0 spiro atoms. The smallest absolute Gasteiger partial charge is 0.241 e. The van der Waals surface area contributed by atoms with E-state index >= 15 is 0 Å². The Labute approximate surface area is 158 Å². The molecule has 25 heavy (non-hydrogen) atoms. The van der Waals surface area contributed by atoms with Gasteiger partial charge in [-0.15, -0.1) is 0 Å². The van der Waals surface area contributed by atoms with Gasteiger partial charge in [0.25, 0.3) is 0 Å². The highest BCUT2D eigenvalue weighted by Crippen LogP contribution is 2.22. The number of aryl methyl sites for hydroxylation is 1. The van der Waals surface area contributed by atoms with E-state index in [4.69, 9.17) is 23.2 Å². The van der Waals surface area contributed by atoms with Crippen molar-refractivity contribution in [3.05, 3.63) is 58.1 Å². The van der Waals surface area contributed by atoms with Crippen molar-refractivity contribution in [1.29, 1.82) is 0 Å². The first-order chi connectivity index (χ1) is 12.0. The number of amides is 1. The lowest BCUT2D eigenvalue weighted by Crippen LogP contribution is -2.50. The molecular weight excluding hydrogens is 357 g/mol. The highest BCUT2D eigenvalue weighted by Gasteiger charge is 2.21. The Morgan fingerprint density at radius 2 is 1.72 bits per heavy atom. The first kappa shape index (κ1) is 17.9. The van der Waals surface area contributed by atoms with Gasteiger partial charge in [-0.25, -0.2) is 0 Å². The maximum absolute atomic E-state index is 12.4. The largest absolute Gasteiger partial charge is 0.376 e. The van der Waals surface area contributed by atoms with Gasteiger partial charge < -0.3 is 15.1 Å². The second kappa shape index (κ2) is 7.98. The molecule has 0 radical (unpaired) electrons. The fourth-order valence-corrected chi connectivity index (χ4v) is 3.51. The molecule has 0 aromatic heterocycles. The summed E-state index contributed by atoms with van der Waals surface area (Å²) < 4.78 is 0. The van der Waals surface area contributed by atoms with Crippen molar-refractivity contribution in [2.75, 3.05) is 42.9 Å². The van der Waals surface area contributed by atoms with Gasteiger partial charge in [-0.3, -0.25) is 4.79 Å². The van der Waals surface area contributed by atoms with Gasteiger partial charge in [0.1, 0.15) is 0 Å². The number of hydrogen-bond acceptors (Lipinski definition) is 3. The zero-order valence-corrected chi connectivity index (χ0v) is 15.6. The summed E-state index contributed by atoms with van der Waals surface area (Å²) in [7, 11) is 0. The second-order valence-electron chi connectivity index (χ2n) is 6.22. The summed E-state index contributed by atoms with van der Waals surface area (Å²) in [4.78, 5) is 16.6. The first-order valence-corrected chi connectivity index (χ1v) is 9.06. The van der Waals surface area contributed by atoms with Gasteiger partial charge in [0.15, 0.2) is 0 Å². The molecule has 1 heterocycles. The molecule has 1 N–H and O–H groups in total. The third kappa shape index (κ3) is 4.80. The van der Waals surface area contributed by atoms with Gasteiger partial charge >= 0.3 is 0 Å². The number of benzene rings is 2. The van der Waals surface area contributed by atoms with Crippen LogP contribution in [0.3, 0.4) is 0 Å². The van der Waals surface area contributed by atoms with Crippen molar-refractivity contribution in [3.63, 3.8) is 0 Å². The molecule has 0 saturated carbocycles. The molecule has 2 aromatic rings.